The van der Waals surface area contributed by atoms with Crippen LogP contribution in [0.5, 0.6) is 11.6 Å². The molecule has 3 aromatic rings. The van der Waals surface area contributed by atoms with E-state index in [1.54, 1.807) is 30.3 Å². The number of hydrogen-bond acceptors (Lipinski definition) is 7. The summed E-state index contributed by atoms with van der Waals surface area (Å²) in [6.45, 7) is 0. The lowest BCUT2D eigenvalue weighted by Gasteiger charge is -2.11. The fourth-order valence-electron chi connectivity index (χ4n) is 2.09. The number of alkyl halides is 3. The van der Waals surface area contributed by atoms with E-state index in [0.29, 0.717) is 18.0 Å². The van der Waals surface area contributed by atoms with Crippen LogP contribution in [0.4, 0.5) is 30.5 Å². The van der Waals surface area contributed by atoms with Crippen molar-refractivity contribution in [2.75, 3.05) is 5.32 Å². The molecule has 12 heteroatoms. The maximum Gasteiger partial charge on any atom is 0.417 e. The summed E-state index contributed by atoms with van der Waals surface area (Å²) in [6.07, 6.45) is -3.10. The summed E-state index contributed by atoms with van der Waals surface area (Å²) in [7, 11) is 0. The van der Waals surface area contributed by atoms with E-state index in [-0.39, 0.29) is 17.5 Å². The van der Waals surface area contributed by atoms with Gasteiger partial charge in [-0.1, -0.05) is 29.8 Å². The first-order valence-electron chi connectivity index (χ1n) is 7.48. The van der Waals surface area contributed by atoms with Crippen molar-refractivity contribution in [1.29, 1.82) is 0 Å². The molecule has 0 bridgehead atoms. The van der Waals surface area contributed by atoms with Gasteiger partial charge in [0.2, 0.25) is 5.82 Å². The van der Waals surface area contributed by atoms with Crippen LogP contribution in [0.3, 0.4) is 0 Å². The van der Waals surface area contributed by atoms with Gasteiger partial charge in [0.25, 0.3) is 0 Å². The molecule has 0 spiro atoms. The van der Waals surface area contributed by atoms with Crippen molar-refractivity contribution in [3.8, 4) is 11.6 Å². The van der Waals surface area contributed by atoms with Gasteiger partial charge < -0.3 is 10.1 Å². The van der Waals surface area contributed by atoms with E-state index in [0.717, 1.165) is 6.33 Å². The SMILES string of the molecule is O=[N+]([O-])c1c(Nc2ncc(C(F)(F)F)cc2Cl)ncnc1Oc1ccccc1. The highest BCUT2D eigenvalue weighted by Crippen LogP contribution is 2.37. The molecule has 28 heavy (non-hydrogen) atoms. The molecular formula is C16H9ClF3N5O3. The second kappa shape index (κ2) is 7.64. The van der Waals surface area contributed by atoms with Crippen LogP contribution in [0.1, 0.15) is 5.56 Å². The highest BCUT2D eigenvalue weighted by atomic mass is 35.5. The zero-order valence-corrected chi connectivity index (χ0v) is 14.4. The van der Waals surface area contributed by atoms with Crippen molar-refractivity contribution in [1.82, 2.24) is 15.0 Å². The maximum atomic E-state index is 12.7. The number of nitrogens with one attached hydrogen (secondary N) is 1. The van der Waals surface area contributed by atoms with Crippen LogP contribution in [-0.4, -0.2) is 19.9 Å². The lowest BCUT2D eigenvalue weighted by Crippen LogP contribution is -2.08. The molecule has 0 amide bonds. The average molecular weight is 412 g/mol. The number of hydrogen-bond donors (Lipinski definition) is 1. The lowest BCUT2D eigenvalue weighted by molar-refractivity contribution is -0.385. The van der Waals surface area contributed by atoms with Crippen molar-refractivity contribution in [2.45, 2.75) is 6.18 Å². The Hall–Kier alpha value is -3.47. The Morgan fingerprint density at radius 2 is 1.82 bits per heavy atom. The van der Waals surface area contributed by atoms with Gasteiger partial charge in [0.1, 0.15) is 12.1 Å². The minimum atomic E-state index is -4.63. The molecular weight excluding hydrogens is 403 g/mol. The Kier molecular flexibility index (Phi) is 5.27. The van der Waals surface area contributed by atoms with Crippen LogP contribution in [0.2, 0.25) is 5.02 Å². The van der Waals surface area contributed by atoms with E-state index in [1.165, 1.54) is 0 Å². The Bertz CT molecular complexity index is 1020. The van der Waals surface area contributed by atoms with Gasteiger partial charge in [-0.05, 0) is 18.2 Å². The Labute approximate surface area is 160 Å². The zero-order chi connectivity index (χ0) is 20.3. The van der Waals surface area contributed by atoms with E-state index >= 15 is 0 Å². The summed E-state index contributed by atoms with van der Waals surface area (Å²) in [5.74, 6) is -0.667. The van der Waals surface area contributed by atoms with Crippen LogP contribution in [-0.2, 0) is 6.18 Å². The molecule has 0 aliphatic rings. The second-order valence-corrected chi connectivity index (χ2v) is 5.63. The molecule has 0 aliphatic carbocycles. The first-order valence-corrected chi connectivity index (χ1v) is 7.85. The lowest BCUT2D eigenvalue weighted by atomic mass is 10.3. The summed E-state index contributed by atoms with van der Waals surface area (Å²) in [4.78, 5) is 21.8. The Balaban J connectivity index is 1.96. The molecule has 1 aromatic carbocycles. The molecule has 0 radical (unpaired) electrons. The maximum absolute atomic E-state index is 12.7. The van der Waals surface area contributed by atoms with Crippen LogP contribution < -0.4 is 10.1 Å². The number of aromatic nitrogens is 3. The predicted octanol–water partition coefficient (Wildman–Crippen LogP) is 4.99. The third-order valence-corrected chi connectivity index (χ3v) is 3.62. The number of ether oxygens (including phenoxy) is 1. The number of nitro groups is 1. The average Bonchev–Trinajstić information content (AvgIpc) is 2.63. The minimum Gasteiger partial charge on any atom is -0.434 e. The van der Waals surface area contributed by atoms with Crippen LogP contribution >= 0.6 is 11.6 Å². The molecule has 0 aliphatic heterocycles. The second-order valence-electron chi connectivity index (χ2n) is 5.23. The number of halogens is 4. The molecule has 8 nitrogen and oxygen atoms in total. The van der Waals surface area contributed by atoms with Crippen molar-refractivity contribution in [3.05, 3.63) is 69.6 Å². The van der Waals surface area contributed by atoms with Gasteiger partial charge >= 0.3 is 17.7 Å². The predicted molar refractivity (Wildman–Crippen MR) is 92.7 cm³/mol. The number of para-hydroxylation sites is 1. The summed E-state index contributed by atoms with van der Waals surface area (Å²) >= 11 is 5.82. The van der Waals surface area contributed by atoms with Crippen molar-refractivity contribution in [2.24, 2.45) is 0 Å². The highest BCUT2D eigenvalue weighted by molar-refractivity contribution is 6.33. The van der Waals surface area contributed by atoms with Crippen molar-refractivity contribution < 1.29 is 22.8 Å². The fraction of sp³-hybridized carbons (Fsp3) is 0.0625. The third-order valence-electron chi connectivity index (χ3n) is 3.33. The van der Waals surface area contributed by atoms with Crippen molar-refractivity contribution >= 4 is 28.9 Å². The molecule has 144 valence electrons. The normalized spacial score (nSPS) is 11.1. The monoisotopic (exact) mass is 411 g/mol. The van der Waals surface area contributed by atoms with E-state index in [4.69, 9.17) is 16.3 Å². The summed E-state index contributed by atoms with van der Waals surface area (Å²) in [5, 5.41) is 13.5. The Morgan fingerprint density at radius 1 is 1.11 bits per heavy atom. The molecule has 1 N–H and O–H groups in total. The highest BCUT2D eigenvalue weighted by Gasteiger charge is 2.32. The van der Waals surface area contributed by atoms with Gasteiger partial charge in [-0.3, -0.25) is 10.1 Å². The molecule has 0 unspecified atom stereocenters. The van der Waals surface area contributed by atoms with Gasteiger partial charge in [-0.2, -0.15) is 18.2 Å². The molecule has 0 atom stereocenters. The third kappa shape index (κ3) is 4.26. The van der Waals surface area contributed by atoms with Crippen LogP contribution in [0.15, 0.2) is 48.9 Å². The van der Waals surface area contributed by atoms with Gasteiger partial charge in [-0.15, -0.1) is 0 Å². The number of pyridine rings is 1. The summed E-state index contributed by atoms with van der Waals surface area (Å²) < 4.78 is 43.5. The van der Waals surface area contributed by atoms with Gasteiger partial charge in [-0.25, -0.2) is 9.97 Å². The minimum absolute atomic E-state index is 0.248. The number of anilines is 2. The number of benzene rings is 1. The topological polar surface area (TPSA) is 103 Å². The van der Waals surface area contributed by atoms with E-state index < -0.39 is 27.4 Å². The molecule has 0 fully saturated rings. The Morgan fingerprint density at radius 3 is 2.43 bits per heavy atom. The largest absolute Gasteiger partial charge is 0.434 e. The quantitative estimate of drug-likeness (QED) is 0.466. The van der Waals surface area contributed by atoms with Gasteiger partial charge in [0.15, 0.2) is 5.82 Å². The fourth-order valence-corrected chi connectivity index (χ4v) is 2.30. The molecule has 0 saturated heterocycles. The molecule has 3 rings (SSSR count). The first kappa shape index (κ1) is 19.3. The van der Waals surface area contributed by atoms with E-state index in [1.807, 2.05) is 0 Å². The van der Waals surface area contributed by atoms with Crippen molar-refractivity contribution in [3.63, 3.8) is 0 Å². The number of nitrogens with zero attached hydrogens (tertiary/aromatic N) is 4. The zero-order valence-electron chi connectivity index (χ0n) is 13.6. The molecule has 2 heterocycles. The number of rotatable bonds is 5. The molecule has 2 aromatic heterocycles. The smallest absolute Gasteiger partial charge is 0.417 e. The first-order chi connectivity index (χ1) is 13.3. The van der Waals surface area contributed by atoms with Crippen LogP contribution in [0.25, 0.3) is 0 Å². The summed E-state index contributed by atoms with van der Waals surface area (Å²) in [6, 6.07) is 8.82. The van der Waals surface area contributed by atoms with Crippen LogP contribution in [0, 0.1) is 10.1 Å². The molecule has 0 saturated carbocycles. The van der Waals surface area contributed by atoms with Gasteiger partial charge in [0.05, 0.1) is 15.5 Å². The standard InChI is InChI=1S/C16H9ClF3N5O3/c17-11-6-9(16(18,19)20)7-21-13(11)24-14-12(25(26)27)15(23-8-22-14)28-10-4-2-1-3-5-10/h1-8H,(H,21,22,23,24). The summed E-state index contributed by atoms with van der Waals surface area (Å²) in [5.41, 5.74) is -1.70. The van der Waals surface area contributed by atoms with Gasteiger partial charge in [0, 0.05) is 6.20 Å². The van der Waals surface area contributed by atoms with E-state index in [2.05, 4.69) is 20.3 Å². The van der Waals surface area contributed by atoms with E-state index in [9.17, 15) is 23.3 Å².